The number of hydrogen-bond acceptors (Lipinski definition) is 5. The number of para-hydroxylation sites is 1. The second kappa shape index (κ2) is 9.22. The van der Waals surface area contributed by atoms with Crippen molar-refractivity contribution in [3.63, 3.8) is 0 Å². The number of nitrogens with zero attached hydrogens (tertiary/aromatic N) is 2. The average molecular weight is 441 g/mol. The molecule has 0 spiro atoms. The highest BCUT2D eigenvalue weighted by Crippen LogP contribution is 2.35. The number of rotatable bonds is 7. The second-order valence-corrected chi connectivity index (χ2v) is 7.97. The van der Waals surface area contributed by atoms with Crippen LogP contribution >= 0.6 is 11.8 Å². The molecule has 0 saturated carbocycles. The molecule has 2 N–H and O–H groups in total. The molecule has 2 amide bonds. The minimum Gasteiger partial charge on any atom is -0.496 e. The first-order valence-corrected chi connectivity index (χ1v) is 10.8. The van der Waals surface area contributed by atoms with Crippen LogP contribution in [-0.2, 0) is 29.4 Å². The number of ether oxygens (including phenoxy) is 1. The van der Waals surface area contributed by atoms with Crippen LogP contribution in [0.15, 0.2) is 48.5 Å². The van der Waals surface area contributed by atoms with Gasteiger partial charge in [0, 0.05) is 23.6 Å². The maximum atomic E-state index is 13.0. The summed E-state index contributed by atoms with van der Waals surface area (Å²) < 4.78 is 19.8. The molecule has 160 valence electrons. The zero-order valence-corrected chi connectivity index (χ0v) is 17.7. The minimum atomic E-state index is -0.329. The number of carbonyl (C=O) groups is 2. The Morgan fingerprint density at radius 2 is 1.94 bits per heavy atom. The van der Waals surface area contributed by atoms with E-state index < -0.39 is 0 Å². The quantitative estimate of drug-likeness (QED) is 0.589. The summed E-state index contributed by atoms with van der Waals surface area (Å²) >= 11 is 1.71. The number of methoxy groups -OCH3 is 1. The van der Waals surface area contributed by atoms with E-state index in [9.17, 15) is 14.0 Å². The van der Waals surface area contributed by atoms with Gasteiger partial charge in [-0.2, -0.15) is 16.9 Å². The molecule has 31 heavy (non-hydrogen) atoms. The van der Waals surface area contributed by atoms with Crippen molar-refractivity contribution in [2.45, 2.75) is 24.6 Å². The Hall–Kier alpha value is -3.33. The largest absolute Gasteiger partial charge is 0.496 e. The molecule has 9 heteroatoms. The number of aromatic nitrogens is 2. The first-order chi connectivity index (χ1) is 15.0. The Morgan fingerprint density at radius 3 is 2.71 bits per heavy atom. The highest BCUT2D eigenvalue weighted by atomic mass is 32.2. The molecule has 0 atom stereocenters. The summed E-state index contributed by atoms with van der Waals surface area (Å²) in [6.07, 6.45) is 0. The van der Waals surface area contributed by atoms with E-state index in [4.69, 9.17) is 4.74 Å². The minimum absolute atomic E-state index is 0.0413. The molecule has 0 bridgehead atoms. The molecule has 0 saturated heterocycles. The third-order valence-corrected chi connectivity index (χ3v) is 5.87. The number of carbonyl (C=O) groups excluding carboxylic acids is 2. The van der Waals surface area contributed by atoms with E-state index in [2.05, 4.69) is 15.7 Å². The summed E-state index contributed by atoms with van der Waals surface area (Å²) in [6, 6.07) is 12.9. The second-order valence-electron chi connectivity index (χ2n) is 6.98. The number of anilines is 1. The Bertz CT molecular complexity index is 1110. The van der Waals surface area contributed by atoms with Gasteiger partial charge in [-0.15, -0.1) is 0 Å². The summed E-state index contributed by atoms with van der Waals surface area (Å²) in [5.41, 5.74) is 2.99. The van der Waals surface area contributed by atoms with Crippen molar-refractivity contribution >= 4 is 29.4 Å². The summed E-state index contributed by atoms with van der Waals surface area (Å²) in [5.74, 6) is 1.53. The number of benzene rings is 2. The molecule has 0 aliphatic carbocycles. The van der Waals surface area contributed by atoms with Crippen molar-refractivity contribution in [1.29, 1.82) is 0 Å². The molecule has 0 radical (unpaired) electrons. The highest BCUT2D eigenvalue weighted by Gasteiger charge is 2.25. The lowest BCUT2D eigenvalue weighted by molar-refractivity contribution is -0.122. The SMILES string of the molecule is COc1ccccc1C(=O)Nc1c2c(nn1CC(=O)NCc1ccc(F)cc1)CSC2. The lowest BCUT2D eigenvalue weighted by atomic mass is 10.2. The van der Waals surface area contributed by atoms with Gasteiger partial charge in [-0.25, -0.2) is 9.07 Å². The molecule has 4 rings (SSSR count). The third kappa shape index (κ3) is 4.72. The van der Waals surface area contributed by atoms with Crippen LogP contribution in [0.5, 0.6) is 5.75 Å². The maximum Gasteiger partial charge on any atom is 0.260 e. The van der Waals surface area contributed by atoms with E-state index in [1.54, 1.807) is 48.2 Å². The van der Waals surface area contributed by atoms with Crippen LogP contribution < -0.4 is 15.4 Å². The van der Waals surface area contributed by atoms with Gasteiger partial charge in [-0.1, -0.05) is 24.3 Å². The lowest BCUT2D eigenvalue weighted by Gasteiger charge is -2.13. The number of amides is 2. The van der Waals surface area contributed by atoms with E-state index in [1.165, 1.54) is 23.9 Å². The van der Waals surface area contributed by atoms with Crippen molar-refractivity contribution in [1.82, 2.24) is 15.1 Å². The molecule has 0 unspecified atom stereocenters. The van der Waals surface area contributed by atoms with Gasteiger partial charge in [0.05, 0.1) is 18.4 Å². The van der Waals surface area contributed by atoms with Crippen LogP contribution in [0.4, 0.5) is 10.2 Å². The Kier molecular flexibility index (Phi) is 6.22. The van der Waals surface area contributed by atoms with Gasteiger partial charge in [-0.3, -0.25) is 9.59 Å². The van der Waals surface area contributed by atoms with Crippen LogP contribution in [0, 0.1) is 5.82 Å². The highest BCUT2D eigenvalue weighted by molar-refractivity contribution is 7.98. The van der Waals surface area contributed by atoms with Crippen LogP contribution in [0.3, 0.4) is 0 Å². The predicted molar refractivity (Wildman–Crippen MR) is 116 cm³/mol. The Morgan fingerprint density at radius 1 is 1.16 bits per heavy atom. The van der Waals surface area contributed by atoms with Crippen LogP contribution in [0.1, 0.15) is 27.2 Å². The van der Waals surface area contributed by atoms with Crippen molar-refractivity contribution < 1.29 is 18.7 Å². The van der Waals surface area contributed by atoms with Gasteiger partial charge in [0.2, 0.25) is 5.91 Å². The fourth-order valence-electron chi connectivity index (χ4n) is 3.32. The summed E-state index contributed by atoms with van der Waals surface area (Å²) in [7, 11) is 1.51. The van der Waals surface area contributed by atoms with E-state index in [1.807, 2.05) is 0 Å². The van der Waals surface area contributed by atoms with Crippen molar-refractivity contribution in [3.8, 4) is 5.75 Å². The van der Waals surface area contributed by atoms with Crippen molar-refractivity contribution in [2.24, 2.45) is 0 Å². The predicted octanol–water partition coefficient (Wildman–Crippen LogP) is 3.35. The normalized spacial score (nSPS) is 12.3. The third-order valence-electron chi connectivity index (χ3n) is 4.90. The Labute approximate surface area is 183 Å². The zero-order valence-electron chi connectivity index (χ0n) is 16.9. The number of fused-ring (bicyclic) bond motifs is 1. The maximum absolute atomic E-state index is 13.0. The number of hydrogen-bond donors (Lipinski definition) is 2. The molecule has 1 aromatic heterocycles. The fraction of sp³-hybridized carbons (Fsp3) is 0.227. The Balaban J connectivity index is 1.49. The topological polar surface area (TPSA) is 85.2 Å². The molecule has 1 aliphatic heterocycles. The zero-order chi connectivity index (χ0) is 21.8. The van der Waals surface area contributed by atoms with Crippen molar-refractivity contribution in [2.75, 3.05) is 12.4 Å². The molecule has 3 aromatic rings. The first-order valence-electron chi connectivity index (χ1n) is 9.67. The van der Waals surface area contributed by atoms with E-state index >= 15 is 0 Å². The van der Waals surface area contributed by atoms with Crippen LogP contribution in [0.2, 0.25) is 0 Å². The first kappa shape index (κ1) is 20.9. The monoisotopic (exact) mass is 440 g/mol. The van der Waals surface area contributed by atoms with Gasteiger partial charge in [0.1, 0.15) is 23.9 Å². The van der Waals surface area contributed by atoms with Gasteiger partial charge in [0.25, 0.3) is 5.91 Å². The number of nitrogens with one attached hydrogen (secondary N) is 2. The molecular formula is C22H21FN4O3S. The van der Waals surface area contributed by atoms with Crippen LogP contribution in [0.25, 0.3) is 0 Å². The molecular weight excluding hydrogens is 419 g/mol. The standard InChI is InChI=1S/C22H21FN4O3S/c1-30-19-5-3-2-4-16(19)22(29)25-21-17-12-31-13-18(17)26-27(21)11-20(28)24-10-14-6-8-15(23)9-7-14/h2-9H,10-13H2,1H3,(H,24,28)(H,25,29). The number of halogens is 1. The van der Waals surface area contributed by atoms with E-state index in [-0.39, 0.29) is 30.7 Å². The fourth-order valence-corrected chi connectivity index (χ4v) is 4.36. The van der Waals surface area contributed by atoms with E-state index in [0.717, 1.165) is 22.6 Å². The summed E-state index contributed by atoms with van der Waals surface area (Å²) in [6.45, 7) is 0.235. The van der Waals surface area contributed by atoms with E-state index in [0.29, 0.717) is 22.9 Å². The van der Waals surface area contributed by atoms with Gasteiger partial charge in [0.15, 0.2) is 0 Å². The number of thioether (sulfide) groups is 1. The van der Waals surface area contributed by atoms with Crippen molar-refractivity contribution in [3.05, 3.63) is 76.7 Å². The average Bonchev–Trinajstić information content (AvgIpc) is 3.35. The molecule has 2 aromatic carbocycles. The van der Waals surface area contributed by atoms with Gasteiger partial charge in [-0.05, 0) is 29.8 Å². The summed E-state index contributed by atoms with van der Waals surface area (Å²) in [5, 5.41) is 10.2. The molecule has 1 aliphatic rings. The molecule has 7 nitrogen and oxygen atoms in total. The summed E-state index contributed by atoms with van der Waals surface area (Å²) in [4.78, 5) is 25.4. The van der Waals surface area contributed by atoms with Gasteiger partial charge < -0.3 is 15.4 Å². The van der Waals surface area contributed by atoms with Crippen LogP contribution in [-0.4, -0.2) is 28.7 Å². The lowest BCUT2D eigenvalue weighted by Crippen LogP contribution is -2.29. The molecule has 0 fully saturated rings. The smallest absolute Gasteiger partial charge is 0.260 e. The molecule has 2 heterocycles. The van der Waals surface area contributed by atoms with Gasteiger partial charge >= 0.3 is 0 Å².